The highest BCUT2D eigenvalue weighted by Gasteiger charge is 2.38. The summed E-state index contributed by atoms with van der Waals surface area (Å²) in [4.78, 5) is 22.8. The number of carbonyl (C=O) groups excluding carboxylic acids is 1. The van der Waals surface area contributed by atoms with Crippen LogP contribution in [-0.2, 0) is 17.5 Å². The van der Waals surface area contributed by atoms with Crippen molar-refractivity contribution in [2.75, 3.05) is 6.54 Å². The minimum absolute atomic E-state index is 0.0116. The number of halogens is 3. The van der Waals surface area contributed by atoms with Crippen molar-refractivity contribution in [2.45, 2.75) is 55.5 Å². The third-order valence-corrected chi connectivity index (χ3v) is 6.50. The number of rotatable bonds is 6. The third kappa shape index (κ3) is 5.27. The molecule has 32 heavy (non-hydrogen) atoms. The average Bonchev–Trinajstić information content (AvgIpc) is 3.30. The average molecular weight is 463 g/mol. The quantitative estimate of drug-likeness (QED) is 0.550. The van der Waals surface area contributed by atoms with E-state index < -0.39 is 11.7 Å². The molecule has 2 N–H and O–H groups in total. The Bertz CT molecular complexity index is 1050. The predicted molar refractivity (Wildman–Crippen MR) is 119 cm³/mol. The molecule has 4 rings (SSSR count). The Kier molecular flexibility index (Phi) is 6.48. The number of imidazole rings is 1. The van der Waals surface area contributed by atoms with E-state index in [1.54, 1.807) is 11.8 Å². The maximum atomic E-state index is 12.9. The van der Waals surface area contributed by atoms with Gasteiger partial charge in [0.25, 0.3) is 0 Å². The van der Waals surface area contributed by atoms with Crippen molar-refractivity contribution >= 4 is 28.7 Å². The molecule has 2 atom stereocenters. The molecule has 0 aliphatic carbocycles. The van der Waals surface area contributed by atoms with Crippen molar-refractivity contribution in [3.8, 4) is 0 Å². The third-order valence-electron chi connectivity index (χ3n) is 5.41. The molecule has 9 heteroatoms. The Balaban J connectivity index is 1.49. The second-order valence-corrected chi connectivity index (χ2v) is 9.63. The first kappa shape index (κ1) is 22.7. The molecular formula is C23H25F3N4OS. The number of benzene rings is 2. The van der Waals surface area contributed by atoms with Gasteiger partial charge in [0.2, 0.25) is 5.91 Å². The van der Waals surface area contributed by atoms with Gasteiger partial charge in [-0.25, -0.2) is 4.98 Å². The number of hydrogen-bond donors (Lipinski definition) is 2. The molecule has 0 saturated carbocycles. The molecular weight excluding hydrogens is 437 g/mol. The van der Waals surface area contributed by atoms with Gasteiger partial charge in [-0.05, 0) is 50.1 Å². The lowest BCUT2D eigenvalue weighted by atomic mass is 10.1. The van der Waals surface area contributed by atoms with Crippen molar-refractivity contribution < 1.29 is 18.0 Å². The Hall–Kier alpha value is -2.52. The Morgan fingerprint density at radius 3 is 2.59 bits per heavy atom. The lowest BCUT2D eigenvalue weighted by molar-refractivity contribution is -0.137. The van der Waals surface area contributed by atoms with Gasteiger partial charge in [-0.15, -0.1) is 0 Å². The number of likely N-dealkylation sites (tertiary alicyclic amines) is 1. The van der Waals surface area contributed by atoms with Gasteiger partial charge in [0.15, 0.2) is 5.16 Å². The van der Waals surface area contributed by atoms with E-state index in [9.17, 15) is 18.0 Å². The molecule has 2 aromatic carbocycles. The van der Waals surface area contributed by atoms with E-state index in [1.165, 1.54) is 12.1 Å². The van der Waals surface area contributed by atoms with E-state index >= 15 is 0 Å². The summed E-state index contributed by atoms with van der Waals surface area (Å²) < 4.78 is 38.6. The van der Waals surface area contributed by atoms with Gasteiger partial charge < -0.3 is 10.3 Å². The molecule has 1 amide bonds. The molecule has 1 aliphatic rings. The van der Waals surface area contributed by atoms with Crippen molar-refractivity contribution in [3.63, 3.8) is 0 Å². The summed E-state index contributed by atoms with van der Waals surface area (Å²) in [5, 5.41) is 3.91. The zero-order valence-corrected chi connectivity index (χ0v) is 18.6. The number of alkyl halides is 3. The topological polar surface area (TPSA) is 61.0 Å². The highest BCUT2D eigenvalue weighted by atomic mass is 32.2. The molecule has 5 nitrogen and oxygen atoms in total. The number of nitrogens with one attached hydrogen (secondary N) is 2. The number of thioether (sulfide) groups is 1. The maximum Gasteiger partial charge on any atom is 0.416 e. The molecule has 1 saturated heterocycles. The van der Waals surface area contributed by atoms with Crippen molar-refractivity contribution in [1.82, 2.24) is 20.2 Å². The predicted octanol–water partition coefficient (Wildman–Crippen LogP) is 4.84. The van der Waals surface area contributed by atoms with Gasteiger partial charge in [0, 0.05) is 24.4 Å². The van der Waals surface area contributed by atoms with Crippen molar-refractivity contribution in [2.24, 2.45) is 0 Å². The van der Waals surface area contributed by atoms with E-state index in [0.29, 0.717) is 19.5 Å². The zero-order chi connectivity index (χ0) is 22.9. The normalized spacial score (nSPS) is 19.7. The van der Waals surface area contributed by atoms with Gasteiger partial charge >= 0.3 is 6.18 Å². The van der Waals surface area contributed by atoms with Crippen LogP contribution in [0.5, 0.6) is 0 Å². The zero-order valence-electron chi connectivity index (χ0n) is 17.8. The fraction of sp³-hybridized carbons (Fsp3) is 0.391. The minimum atomic E-state index is -4.36. The van der Waals surface area contributed by atoms with Crippen molar-refractivity contribution in [1.29, 1.82) is 0 Å². The van der Waals surface area contributed by atoms with Crippen molar-refractivity contribution in [3.05, 3.63) is 59.7 Å². The molecule has 170 valence electrons. The fourth-order valence-corrected chi connectivity index (χ4v) is 5.13. The van der Waals surface area contributed by atoms with Gasteiger partial charge in [0.1, 0.15) is 0 Å². The van der Waals surface area contributed by atoms with E-state index in [1.807, 2.05) is 43.0 Å². The highest BCUT2D eigenvalue weighted by Crippen LogP contribution is 2.34. The van der Waals surface area contributed by atoms with Crippen LogP contribution in [0.2, 0.25) is 0 Å². The van der Waals surface area contributed by atoms with Gasteiger partial charge in [0.05, 0.1) is 22.6 Å². The Morgan fingerprint density at radius 2 is 1.94 bits per heavy atom. The Labute approximate surface area is 188 Å². The summed E-state index contributed by atoms with van der Waals surface area (Å²) in [6, 6.07) is 12.6. The lowest BCUT2D eigenvalue weighted by Gasteiger charge is -2.24. The monoisotopic (exact) mass is 462 g/mol. The molecule has 3 aromatic rings. The van der Waals surface area contributed by atoms with Crippen LogP contribution in [0.4, 0.5) is 13.2 Å². The minimum Gasteiger partial charge on any atom is -0.353 e. The summed E-state index contributed by atoms with van der Waals surface area (Å²) in [6.45, 7) is 4.87. The number of carbonyl (C=O) groups is 1. The van der Waals surface area contributed by atoms with E-state index in [0.717, 1.165) is 33.9 Å². The highest BCUT2D eigenvalue weighted by molar-refractivity contribution is 7.99. The number of fused-ring (bicyclic) bond motifs is 1. The summed E-state index contributed by atoms with van der Waals surface area (Å²) >= 11 is 1.60. The standard InChI is InChI=1S/C23H25F3N4OS/c1-14(2)27-21(31)20-11-17(32-22-28-18-5-3-4-6-19(18)29-22)13-30(20)12-15-7-9-16(10-8-15)23(24,25)26/h3-10,14,17,20H,11-13H2,1-2H3,(H,27,31)(H,28,29)/t17-,20-/m0/s1. The van der Waals surface area contributed by atoms with Gasteiger partial charge in [-0.1, -0.05) is 36.0 Å². The number of H-pyrrole nitrogens is 1. The molecule has 1 aromatic heterocycles. The number of para-hydroxylation sites is 2. The van der Waals surface area contributed by atoms with Crippen LogP contribution in [0.25, 0.3) is 11.0 Å². The maximum absolute atomic E-state index is 12.9. The number of amides is 1. The molecule has 1 aliphatic heterocycles. The SMILES string of the molecule is CC(C)NC(=O)[C@@H]1C[C@H](Sc2nc3ccccc3[nH]2)CN1Cc1ccc(C(F)(F)F)cc1. The van der Waals surface area contributed by atoms with Crippen LogP contribution in [0.3, 0.4) is 0 Å². The summed E-state index contributed by atoms with van der Waals surface area (Å²) in [5.74, 6) is -0.0559. The second-order valence-electron chi connectivity index (χ2n) is 8.34. The Morgan fingerprint density at radius 1 is 1.22 bits per heavy atom. The summed E-state index contributed by atoms with van der Waals surface area (Å²) in [6.07, 6.45) is -3.72. The lowest BCUT2D eigenvalue weighted by Crippen LogP contribution is -2.45. The molecule has 1 fully saturated rings. The largest absolute Gasteiger partial charge is 0.416 e. The first-order valence-electron chi connectivity index (χ1n) is 10.5. The smallest absolute Gasteiger partial charge is 0.353 e. The number of aromatic nitrogens is 2. The second kappa shape index (κ2) is 9.15. The van der Waals surface area contributed by atoms with Crippen LogP contribution >= 0.6 is 11.8 Å². The van der Waals surface area contributed by atoms with E-state index in [-0.39, 0.29) is 23.2 Å². The van der Waals surface area contributed by atoms with Crippen LogP contribution in [-0.4, -0.2) is 44.7 Å². The summed E-state index contributed by atoms with van der Waals surface area (Å²) in [5.41, 5.74) is 1.93. The first-order valence-corrected chi connectivity index (χ1v) is 11.4. The molecule has 0 spiro atoms. The first-order chi connectivity index (χ1) is 15.2. The summed E-state index contributed by atoms with van der Waals surface area (Å²) in [7, 11) is 0. The van der Waals surface area contributed by atoms with E-state index in [4.69, 9.17) is 0 Å². The van der Waals surface area contributed by atoms with E-state index in [2.05, 4.69) is 15.3 Å². The van der Waals surface area contributed by atoms with Crippen LogP contribution in [0.15, 0.2) is 53.7 Å². The number of nitrogens with zero attached hydrogens (tertiary/aromatic N) is 2. The number of hydrogen-bond acceptors (Lipinski definition) is 4. The van der Waals surface area contributed by atoms with Crippen LogP contribution in [0.1, 0.15) is 31.4 Å². The number of aromatic amines is 1. The molecule has 0 unspecified atom stereocenters. The molecule has 0 radical (unpaired) electrons. The van der Waals surface area contributed by atoms with Crippen LogP contribution in [0, 0.1) is 0 Å². The van der Waals surface area contributed by atoms with Gasteiger partial charge in [-0.2, -0.15) is 13.2 Å². The molecule has 0 bridgehead atoms. The van der Waals surface area contributed by atoms with Gasteiger partial charge in [-0.3, -0.25) is 9.69 Å². The van der Waals surface area contributed by atoms with Crippen LogP contribution < -0.4 is 5.32 Å². The molecule has 2 heterocycles. The fourth-order valence-electron chi connectivity index (χ4n) is 3.95.